The zero-order chi connectivity index (χ0) is 19.2. The maximum Gasteiger partial charge on any atom is 0.191 e. The molecule has 2 aromatic rings. The maximum absolute atomic E-state index is 4.84. The maximum atomic E-state index is 4.84. The zero-order valence-corrected chi connectivity index (χ0v) is 19.9. The van der Waals surface area contributed by atoms with E-state index in [1.54, 1.807) is 0 Å². The first kappa shape index (κ1) is 23.0. The van der Waals surface area contributed by atoms with Crippen molar-refractivity contribution in [2.75, 3.05) is 53.4 Å². The molecule has 6 nitrogen and oxygen atoms in total. The molecule has 3 N–H and O–H groups in total. The number of aryl methyl sites for hydroxylation is 1. The van der Waals surface area contributed by atoms with Gasteiger partial charge >= 0.3 is 0 Å². The van der Waals surface area contributed by atoms with Crippen LogP contribution in [0.5, 0.6) is 0 Å². The lowest BCUT2D eigenvalue weighted by atomic mass is 10.1. The minimum absolute atomic E-state index is 0. The number of hydrogen-bond acceptors (Lipinski definition) is 3. The van der Waals surface area contributed by atoms with Gasteiger partial charge in [0, 0.05) is 55.4 Å². The molecule has 7 heteroatoms. The standard InChI is InChI=1S/C21H34N6.HI/c1-5-22-21(24-14-17-15-26(3)12-13-27(17)4)23-11-10-18-16(2)25-20-9-7-6-8-19(18)20;/h6-9,17,25H,5,10-15H2,1-4H3,(H2,22,23,24);1H. The second-order valence-electron chi connectivity index (χ2n) is 7.57. The first-order valence-corrected chi connectivity index (χ1v) is 10.1. The lowest BCUT2D eigenvalue weighted by molar-refractivity contribution is 0.119. The van der Waals surface area contributed by atoms with E-state index in [2.05, 4.69) is 77.6 Å². The summed E-state index contributed by atoms with van der Waals surface area (Å²) < 4.78 is 0. The Balaban J connectivity index is 0.00000280. The van der Waals surface area contributed by atoms with Gasteiger partial charge in [-0.05, 0) is 46.0 Å². The van der Waals surface area contributed by atoms with E-state index in [4.69, 9.17) is 4.99 Å². The summed E-state index contributed by atoms with van der Waals surface area (Å²) in [5.41, 5.74) is 3.87. The molecule has 0 saturated carbocycles. The van der Waals surface area contributed by atoms with Gasteiger partial charge < -0.3 is 20.5 Å². The van der Waals surface area contributed by atoms with E-state index in [0.717, 1.165) is 51.6 Å². The molecule has 1 aromatic carbocycles. The molecule has 1 aliphatic rings. The Morgan fingerprint density at radius 3 is 2.79 bits per heavy atom. The molecule has 2 heterocycles. The zero-order valence-electron chi connectivity index (χ0n) is 17.6. The molecule has 1 unspecified atom stereocenters. The highest BCUT2D eigenvalue weighted by molar-refractivity contribution is 14.0. The third-order valence-corrected chi connectivity index (χ3v) is 5.48. The Bertz CT molecular complexity index is 771. The Morgan fingerprint density at radius 2 is 2.00 bits per heavy atom. The fourth-order valence-corrected chi connectivity index (χ4v) is 3.80. The third-order valence-electron chi connectivity index (χ3n) is 5.48. The van der Waals surface area contributed by atoms with Crippen molar-refractivity contribution in [2.45, 2.75) is 26.3 Å². The number of hydrogen-bond donors (Lipinski definition) is 3. The van der Waals surface area contributed by atoms with Crippen molar-refractivity contribution in [1.29, 1.82) is 0 Å². The molecule has 1 atom stereocenters. The molecule has 3 rings (SSSR count). The van der Waals surface area contributed by atoms with Crippen molar-refractivity contribution in [3.63, 3.8) is 0 Å². The molecule has 28 heavy (non-hydrogen) atoms. The fraction of sp³-hybridized carbons (Fsp3) is 0.571. The number of aromatic nitrogens is 1. The summed E-state index contributed by atoms with van der Waals surface area (Å²) in [7, 11) is 4.39. The predicted molar refractivity (Wildman–Crippen MR) is 130 cm³/mol. The Kier molecular flexibility index (Phi) is 9.04. The summed E-state index contributed by atoms with van der Waals surface area (Å²) in [5.74, 6) is 0.914. The van der Waals surface area contributed by atoms with Gasteiger partial charge in [0.2, 0.25) is 0 Å². The normalized spacial score (nSPS) is 18.9. The number of likely N-dealkylation sites (N-methyl/N-ethyl adjacent to an activating group) is 2. The summed E-state index contributed by atoms with van der Waals surface area (Å²) in [6.45, 7) is 10.2. The van der Waals surface area contributed by atoms with Crippen molar-refractivity contribution < 1.29 is 0 Å². The molecule has 156 valence electrons. The molecule has 1 aliphatic heterocycles. The highest BCUT2D eigenvalue weighted by atomic mass is 127. The summed E-state index contributed by atoms with van der Waals surface area (Å²) in [6.07, 6.45) is 0.979. The van der Waals surface area contributed by atoms with Crippen LogP contribution in [0.4, 0.5) is 0 Å². The molecule has 0 spiro atoms. The summed E-state index contributed by atoms with van der Waals surface area (Å²) in [4.78, 5) is 13.1. The predicted octanol–water partition coefficient (Wildman–Crippen LogP) is 2.44. The van der Waals surface area contributed by atoms with Crippen LogP contribution in [0, 0.1) is 6.92 Å². The minimum Gasteiger partial charge on any atom is -0.358 e. The molecule has 0 amide bonds. The van der Waals surface area contributed by atoms with Crippen LogP contribution in [0.15, 0.2) is 29.3 Å². The average Bonchev–Trinajstić information content (AvgIpc) is 2.97. The molecule has 1 fully saturated rings. The summed E-state index contributed by atoms with van der Waals surface area (Å²) in [5, 5.41) is 8.21. The van der Waals surface area contributed by atoms with Crippen LogP contribution in [0.2, 0.25) is 0 Å². The van der Waals surface area contributed by atoms with Gasteiger partial charge in [-0.25, -0.2) is 0 Å². The number of piperazine rings is 1. The van der Waals surface area contributed by atoms with E-state index >= 15 is 0 Å². The minimum atomic E-state index is 0. The second kappa shape index (κ2) is 11.0. The number of H-pyrrole nitrogens is 1. The highest BCUT2D eigenvalue weighted by Gasteiger charge is 2.21. The Labute approximate surface area is 186 Å². The molecule has 0 aliphatic carbocycles. The highest BCUT2D eigenvalue weighted by Crippen LogP contribution is 2.21. The number of rotatable bonds is 6. The molecule has 0 radical (unpaired) electrons. The van der Waals surface area contributed by atoms with E-state index in [9.17, 15) is 0 Å². The van der Waals surface area contributed by atoms with Gasteiger partial charge in [0.05, 0.1) is 6.54 Å². The van der Waals surface area contributed by atoms with Crippen molar-refractivity contribution >= 4 is 40.8 Å². The molecular formula is C21H35IN6. The first-order chi connectivity index (χ1) is 13.1. The molecule has 1 saturated heterocycles. The van der Waals surface area contributed by atoms with Crippen LogP contribution >= 0.6 is 24.0 Å². The van der Waals surface area contributed by atoms with Crippen molar-refractivity contribution in [1.82, 2.24) is 25.4 Å². The second-order valence-corrected chi connectivity index (χ2v) is 7.57. The van der Waals surface area contributed by atoms with Gasteiger partial charge in [0.15, 0.2) is 5.96 Å². The van der Waals surface area contributed by atoms with Crippen LogP contribution in [0.25, 0.3) is 10.9 Å². The quantitative estimate of drug-likeness (QED) is 0.326. The lowest BCUT2D eigenvalue weighted by Crippen LogP contribution is -2.51. The topological polar surface area (TPSA) is 58.7 Å². The van der Waals surface area contributed by atoms with Crippen molar-refractivity contribution in [3.05, 3.63) is 35.5 Å². The number of aliphatic imine (C=N–C) groups is 1. The summed E-state index contributed by atoms with van der Waals surface area (Å²) >= 11 is 0. The smallest absolute Gasteiger partial charge is 0.191 e. The molecule has 0 bridgehead atoms. The Hall–Kier alpha value is -1.32. The van der Waals surface area contributed by atoms with E-state index in [0.29, 0.717) is 6.04 Å². The van der Waals surface area contributed by atoms with Crippen LogP contribution in [-0.4, -0.2) is 80.1 Å². The van der Waals surface area contributed by atoms with E-state index in [-0.39, 0.29) is 24.0 Å². The van der Waals surface area contributed by atoms with Crippen LogP contribution in [-0.2, 0) is 6.42 Å². The Morgan fingerprint density at radius 1 is 1.21 bits per heavy atom. The first-order valence-electron chi connectivity index (χ1n) is 10.1. The van der Waals surface area contributed by atoms with Crippen LogP contribution < -0.4 is 10.6 Å². The number of para-hydroxylation sites is 1. The van der Waals surface area contributed by atoms with Crippen LogP contribution in [0.1, 0.15) is 18.2 Å². The van der Waals surface area contributed by atoms with Gasteiger partial charge in [-0.3, -0.25) is 9.89 Å². The number of nitrogens with one attached hydrogen (secondary N) is 3. The number of halogens is 1. The summed E-state index contributed by atoms with van der Waals surface area (Å²) in [6, 6.07) is 9.01. The largest absolute Gasteiger partial charge is 0.358 e. The van der Waals surface area contributed by atoms with Crippen molar-refractivity contribution in [2.24, 2.45) is 4.99 Å². The number of fused-ring (bicyclic) bond motifs is 1. The number of aromatic amines is 1. The average molecular weight is 498 g/mol. The molecule has 1 aromatic heterocycles. The van der Waals surface area contributed by atoms with E-state index < -0.39 is 0 Å². The number of benzene rings is 1. The van der Waals surface area contributed by atoms with Crippen molar-refractivity contribution in [3.8, 4) is 0 Å². The van der Waals surface area contributed by atoms with Gasteiger partial charge in [0.1, 0.15) is 0 Å². The number of guanidine groups is 1. The van der Waals surface area contributed by atoms with Gasteiger partial charge in [-0.1, -0.05) is 18.2 Å². The van der Waals surface area contributed by atoms with Gasteiger partial charge in [-0.2, -0.15) is 0 Å². The van der Waals surface area contributed by atoms with Gasteiger partial charge in [-0.15, -0.1) is 24.0 Å². The third kappa shape index (κ3) is 5.84. The van der Waals surface area contributed by atoms with E-state index in [1.807, 2.05) is 0 Å². The van der Waals surface area contributed by atoms with E-state index in [1.165, 1.54) is 22.2 Å². The van der Waals surface area contributed by atoms with Gasteiger partial charge in [0.25, 0.3) is 0 Å². The number of nitrogens with zero attached hydrogens (tertiary/aromatic N) is 3. The molecular weight excluding hydrogens is 463 g/mol. The fourth-order valence-electron chi connectivity index (χ4n) is 3.80. The monoisotopic (exact) mass is 498 g/mol. The lowest BCUT2D eigenvalue weighted by Gasteiger charge is -2.36. The van der Waals surface area contributed by atoms with Crippen LogP contribution in [0.3, 0.4) is 0 Å². The SMILES string of the molecule is CCNC(=NCC1CN(C)CCN1C)NCCc1c(C)[nH]c2ccccc12.I.